The van der Waals surface area contributed by atoms with E-state index in [9.17, 15) is 9.59 Å². The Morgan fingerprint density at radius 2 is 1.93 bits per heavy atom. The van der Waals surface area contributed by atoms with Gasteiger partial charge in [0.1, 0.15) is 18.9 Å². The number of nitrogens with zero attached hydrogens (tertiary/aromatic N) is 2. The fourth-order valence-corrected chi connectivity index (χ4v) is 2.52. The Kier molecular flexibility index (Phi) is 5.93. The molecular weight excluding hydrogens is 368 g/mol. The van der Waals surface area contributed by atoms with Gasteiger partial charge in [0.25, 0.3) is 11.8 Å². The van der Waals surface area contributed by atoms with Crippen LogP contribution in [0.15, 0.2) is 53.5 Å². The van der Waals surface area contributed by atoms with Crippen molar-refractivity contribution in [3.05, 3.63) is 59.1 Å². The van der Waals surface area contributed by atoms with Gasteiger partial charge in [-0.1, -0.05) is 29.3 Å². The molecule has 7 nitrogen and oxygen atoms in total. The van der Waals surface area contributed by atoms with Crippen molar-refractivity contribution in [2.24, 2.45) is 4.99 Å². The van der Waals surface area contributed by atoms with E-state index >= 15 is 0 Å². The first-order valence-electron chi connectivity index (χ1n) is 8.40. The summed E-state index contributed by atoms with van der Waals surface area (Å²) in [7, 11) is 0. The van der Waals surface area contributed by atoms with Crippen LogP contribution in [0, 0.1) is 6.92 Å². The van der Waals surface area contributed by atoms with E-state index in [1.165, 1.54) is 5.01 Å². The van der Waals surface area contributed by atoms with Crippen LogP contribution in [0.25, 0.3) is 0 Å². The summed E-state index contributed by atoms with van der Waals surface area (Å²) in [6.45, 7) is 2.45. The lowest BCUT2D eigenvalue weighted by Gasteiger charge is -2.27. The zero-order valence-electron chi connectivity index (χ0n) is 14.7. The van der Waals surface area contributed by atoms with Gasteiger partial charge in [-0.05, 0) is 43.3 Å². The molecule has 1 aliphatic rings. The number of ether oxygens (including phenoxy) is 1. The Morgan fingerprint density at radius 1 is 1.22 bits per heavy atom. The molecular formula is C19H19ClN4O3. The van der Waals surface area contributed by atoms with Crippen molar-refractivity contribution < 1.29 is 14.3 Å². The summed E-state index contributed by atoms with van der Waals surface area (Å²) in [5, 5.41) is 4.66. The van der Waals surface area contributed by atoms with E-state index in [1.807, 2.05) is 19.1 Å². The molecule has 3 rings (SSSR count). The summed E-state index contributed by atoms with van der Waals surface area (Å²) in [5.74, 6) is 0.111. The normalized spacial score (nSPS) is 13.6. The average Bonchev–Trinajstić information content (AvgIpc) is 2.67. The fraction of sp³-hybridized carbons (Fsp3) is 0.211. The van der Waals surface area contributed by atoms with Crippen molar-refractivity contribution in [2.45, 2.75) is 6.92 Å². The first kappa shape index (κ1) is 18.7. The van der Waals surface area contributed by atoms with Gasteiger partial charge in [-0.3, -0.25) is 20.0 Å². The standard InChI is InChI=1S/C19H19ClN4O3/c1-13-2-6-15(7-3-13)24-17(25)12-22-18(23-24)19(26)21-10-11-27-16-8-4-14(20)5-9-16/h2-9H,10-12H2,1H3,(H,21,26)(H,22,23). The molecule has 0 spiro atoms. The molecule has 2 aromatic rings. The lowest BCUT2D eigenvalue weighted by atomic mass is 10.2. The molecule has 0 saturated heterocycles. The van der Waals surface area contributed by atoms with Crippen molar-refractivity contribution in [3.63, 3.8) is 0 Å². The number of hydrogen-bond acceptors (Lipinski definition) is 5. The number of aliphatic imine (C=N–C) groups is 1. The molecule has 0 aromatic heterocycles. The number of anilines is 1. The number of hydrogen-bond donors (Lipinski definition) is 2. The molecule has 0 atom stereocenters. The Balaban J connectivity index is 1.51. The van der Waals surface area contributed by atoms with Gasteiger partial charge < -0.3 is 10.1 Å². The van der Waals surface area contributed by atoms with Gasteiger partial charge in [-0.25, -0.2) is 5.01 Å². The number of halogens is 1. The molecule has 0 bridgehead atoms. The summed E-state index contributed by atoms with van der Waals surface area (Å²) in [4.78, 5) is 28.4. The van der Waals surface area contributed by atoms with Gasteiger partial charge in [0.05, 0.1) is 12.2 Å². The maximum Gasteiger partial charge on any atom is 0.288 e. The van der Waals surface area contributed by atoms with Crippen LogP contribution in [-0.2, 0) is 9.59 Å². The monoisotopic (exact) mass is 386 g/mol. The first-order valence-corrected chi connectivity index (χ1v) is 8.78. The number of carbonyl (C=O) groups excluding carboxylic acids is 2. The third-order valence-corrected chi connectivity index (χ3v) is 4.07. The highest BCUT2D eigenvalue weighted by Crippen LogP contribution is 2.16. The lowest BCUT2D eigenvalue weighted by molar-refractivity contribution is -0.118. The number of amides is 2. The molecule has 8 heteroatoms. The lowest BCUT2D eigenvalue weighted by Crippen LogP contribution is -2.56. The summed E-state index contributed by atoms with van der Waals surface area (Å²) in [5.41, 5.74) is 4.50. The maximum absolute atomic E-state index is 12.3. The Bertz CT molecular complexity index is 850. The molecule has 0 saturated carbocycles. The largest absolute Gasteiger partial charge is 0.492 e. The van der Waals surface area contributed by atoms with Crippen LogP contribution in [0.4, 0.5) is 5.69 Å². The minimum Gasteiger partial charge on any atom is -0.492 e. The molecule has 2 amide bonds. The molecule has 0 unspecified atom stereocenters. The van der Waals surface area contributed by atoms with E-state index in [0.29, 0.717) is 29.6 Å². The second kappa shape index (κ2) is 8.55. The number of nitrogens with one attached hydrogen (secondary N) is 2. The minimum atomic E-state index is -0.403. The van der Waals surface area contributed by atoms with E-state index in [4.69, 9.17) is 16.3 Å². The SMILES string of the molecule is Cc1ccc(N2NC(C(=O)NCCOc3ccc(Cl)cc3)=NCC2=O)cc1. The first-order chi connectivity index (χ1) is 13.0. The predicted molar refractivity (Wildman–Crippen MR) is 104 cm³/mol. The van der Waals surface area contributed by atoms with E-state index in [2.05, 4.69) is 15.7 Å². The van der Waals surface area contributed by atoms with Crippen molar-refractivity contribution >= 4 is 34.9 Å². The van der Waals surface area contributed by atoms with Crippen LogP contribution in [-0.4, -0.2) is 37.3 Å². The molecule has 0 radical (unpaired) electrons. The maximum atomic E-state index is 12.3. The van der Waals surface area contributed by atoms with E-state index in [-0.39, 0.29) is 18.3 Å². The average molecular weight is 387 g/mol. The smallest absolute Gasteiger partial charge is 0.288 e. The van der Waals surface area contributed by atoms with E-state index in [1.54, 1.807) is 36.4 Å². The van der Waals surface area contributed by atoms with E-state index in [0.717, 1.165) is 5.56 Å². The highest BCUT2D eigenvalue weighted by atomic mass is 35.5. The highest BCUT2D eigenvalue weighted by Gasteiger charge is 2.25. The highest BCUT2D eigenvalue weighted by molar-refractivity contribution is 6.39. The summed E-state index contributed by atoms with van der Waals surface area (Å²) < 4.78 is 5.52. The van der Waals surface area contributed by atoms with Gasteiger partial charge >= 0.3 is 0 Å². The van der Waals surface area contributed by atoms with Crippen molar-refractivity contribution in [1.29, 1.82) is 0 Å². The van der Waals surface area contributed by atoms with E-state index < -0.39 is 5.91 Å². The topological polar surface area (TPSA) is 83.0 Å². The predicted octanol–water partition coefficient (Wildman–Crippen LogP) is 2.09. The van der Waals surface area contributed by atoms with Crippen LogP contribution in [0.1, 0.15) is 5.56 Å². The van der Waals surface area contributed by atoms with Gasteiger partial charge in [0, 0.05) is 5.02 Å². The molecule has 1 heterocycles. The molecule has 0 fully saturated rings. The molecule has 1 aliphatic heterocycles. The Morgan fingerprint density at radius 3 is 2.63 bits per heavy atom. The molecule has 2 N–H and O–H groups in total. The van der Waals surface area contributed by atoms with Crippen LogP contribution in [0.5, 0.6) is 5.75 Å². The van der Waals surface area contributed by atoms with Crippen molar-refractivity contribution in [2.75, 3.05) is 24.7 Å². The number of amidine groups is 1. The van der Waals surface area contributed by atoms with Gasteiger partial charge in [0.2, 0.25) is 5.84 Å². The second-order valence-corrected chi connectivity index (χ2v) is 6.34. The van der Waals surface area contributed by atoms with Gasteiger partial charge in [-0.2, -0.15) is 0 Å². The number of aryl methyl sites for hydroxylation is 1. The second-order valence-electron chi connectivity index (χ2n) is 5.90. The van der Waals surface area contributed by atoms with Crippen molar-refractivity contribution in [1.82, 2.24) is 10.7 Å². The quantitative estimate of drug-likeness (QED) is 0.745. The molecule has 0 aliphatic carbocycles. The zero-order chi connectivity index (χ0) is 19.2. The molecule has 140 valence electrons. The summed E-state index contributed by atoms with van der Waals surface area (Å²) in [6, 6.07) is 14.4. The minimum absolute atomic E-state index is 0.0849. The summed E-state index contributed by atoms with van der Waals surface area (Å²) in [6.07, 6.45) is 0. The number of benzene rings is 2. The van der Waals surface area contributed by atoms with Crippen molar-refractivity contribution in [3.8, 4) is 5.75 Å². The number of rotatable bonds is 6. The van der Waals surface area contributed by atoms with Crippen LogP contribution in [0.2, 0.25) is 5.02 Å². The Labute approximate surface area is 162 Å². The Hall–Kier alpha value is -3.06. The van der Waals surface area contributed by atoms with Crippen LogP contribution >= 0.6 is 11.6 Å². The summed E-state index contributed by atoms with van der Waals surface area (Å²) >= 11 is 5.81. The fourth-order valence-electron chi connectivity index (χ4n) is 2.39. The molecule has 27 heavy (non-hydrogen) atoms. The van der Waals surface area contributed by atoms with Crippen LogP contribution in [0.3, 0.4) is 0 Å². The molecule has 2 aromatic carbocycles. The third-order valence-electron chi connectivity index (χ3n) is 3.82. The van der Waals surface area contributed by atoms with Gasteiger partial charge in [-0.15, -0.1) is 0 Å². The van der Waals surface area contributed by atoms with Crippen LogP contribution < -0.4 is 20.5 Å². The third kappa shape index (κ3) is 4.98. The number of hydrazine groups is 1. The zero-order valence-corrected chi connectivity index (χ0v) is 15.5. The number of carbonyl (C=O) groups is 2. The van der Waals surface area contributed by atoms with Gasteiger partial charge in [0.15, 0.2) is 0 Å².